The maximum atomic E-state index is 8.91. The van der Waals surface area contributed by atoms with Crippen molar-refractivity contribution in [2.45, 2.75) is 50.6 Å². The van der Waals surface area contributed by atoms with E-state index in [2.05, 4.69) is 45.9 Å². The third-order valence-electron chi connectivity index (χ3n) is 4.51. The van der Waals surface area contributed by atoms with E-state index in [0.717, 1.165) is 29.9 Å². The van der Waals surface area contributed by atoms with Crippen LogP contribution in [0.15, 0.2) is 48.5 Å². The molecule has 142 valence electrons. The highest BCUT2D eigenvalue weighted by molar-refractivity contribution is 8.06. The molecule has 0 radical (unpaired) electrons. The molecule has 3 rings (SSSR count). The molecule has 0 N–H and O–H groups in total. The minimum atomic E-state index is -0.323. The zero-order chi connectivity index (χ0) is 19.5. The maximum Gasteiger partial charge on any atom is 0.120 e. The summed E-state index contributed by atoms with van der Waals surface area (Å²) in [7, 11) is 0. The van der Waals surface area contributed by atoms with Crippen LogP contribution in [0.1, 0.15) is 39.7 Å². The van der Waals surface area contributed by atoms with Gasteiger partial charge in [-0.3, -0.25) is 0 Å². The van der Waals surface area contributed by atoms with Gasteiger partial charge in [-0.2, -0.15) is 17.0 Å². The van der Waals surface area contributed by atoms with E-state index >= 15 is 0 Å². The lowest BCUT2D eigenvalue weighted by molar-refractivity contribution is -0.0622. The lowest BCUT2D eigenvalue weighted by Gasteiger charge is -2.35. The van der Waals surface area contributed by atoms with Gasteiger partial charge in [-0.1, -0.05) is 24.3 Å². The molecule has 0 aliphatic carbocycles. The molecule has 1 aliphatic heterocycles. The van der Waals surface area contributed by atoms with Crippen LogP contribution < -0.4 is 4.74 Å². The van der Waals surface area contributed by atoms with Crippen molar-refractivity contribution in [2.24, 2.45) is 0 Å². The van der Waals surface area contributed by atoms with Crippen LogP contribution in [0, 0.1) is 11.3 Å². The number of nitriles is 1. The van der Waals surface area contributed by atoms with E-state index in [1.165, 1.54) is 5.75 Å². The summed E-state index contributed by atoms with van der Waals surface area (Å²) >= 11 is 1.96. The smallest absolute Gasteiger partial charge is 0.120 e. The number of hydrogen-bond donors (Lipinski definition) is 0. The van der Waals surface area contributed by atoms with Gasteiger partial charge < -0.3 is 9.47 Å². The van der Waals surface area contributed by atoms with Gasteiger partial charge >= 0.3 is 0 Å². The first-order valence-electron chi connectivity index (χ1n) is 9.32. The first-order valence-corrected chi connectivity index (χ1v) is 10.4. The second-order valence-electron chi connectivity index (χ2n) is 8.28. The Morgan fingerprint density at radius 1 is 0.963 bits per heavy atom. The van der Waals surface area contributed by atoms with Crippen LogP contribution >= 0.6 is 11.8 Å². The molecule has 1 heterocycles. The van der Waals surface area contributed by atoms with Gasteiger partial charge in [0.25, 0.3) is 0 Å². The summed E-state index contributed by atoms with van der Waals surface area (Å²) in [5.41, 5.74) is 2.33. The first kappa shape index (κ1) is 19.8. The first-order chi connectivity index (χ1) is 12.8. The van der Waals surface area contributed by atoms with Crippen LogP contribution in [0.4, 0.5) is 0 Å². The van der Waals surface area contributed by atoms with E-state index < -0.39 is 0 Å². The Kier molecular flexibility index (Phi) is 5.83. The van der Waals surface area contributed by atoms with Crippen LogP contribution in [0.2, 0.25) is 0 Å². The molecule has 1 atom stereocenters. The van der Waals surface area contributed by atoms with Gasteiger partial charge in [-0.15, -0.1) is 0 Å². The van der Waals surface area contributed by atoms with Crippen molar-refractivity contribution in [2.75, 3.05) is 12.4 Å². The Bertz CT molecular complexity index is 800. The number of benzene rings is 2. The van der Waals surface area contributed by atoms with Gasteiger partial charge in [-0.25, -0.2) is 0 Å². The fourth-order valence-electron chi connectivity index (χ4n) is 3.37. The Balaban J connectivity index is 1.61. The van der Waals surface area contributed by atoms with Crippen molar-refractivity contribution in [3.05, 3.63) is 54.1 Å². The zero-order valence-corrected chi connectivity index (χ0v) is 17.3. The molecule has 3 nitrogen and oxygen atoms in total. The number of thioether (sulfide) groups is 1. The second-order valence-corrected chi connectivity index (χ2v) is 9.61. The van der Waals surface area contributed by atoms with Crippen molar-refractivity contribution < 1.29 is 9.47 Å². The number of ether oxygens (including phenoxy) is 2. The molecular formula is C23H27NO2S. The highest BCUT2D eigenvalue weighted by Crippen LogP contribution is 2.34. The van der Waals surface area contributed by atoms with E-state index in [9.17, 15) is 0 Å². The van der Waals surface area contributed by atoms with E-state index in [1.54, 1.807) is 0 Å². The van der Waals surface area contributed by atoms with E-state index in [-0.39, 0.29) is 11.2 Å². The van der Waals surface area contributed by atoms with Crippen molar-refractivity contribution >= 4 is 11.8 Å². The Hall–Kier alpha value is -1.96. The van der Waals surface area contributed by atoms with E-state index in [0.29, 0.717) is 10.8 Å². The molecule has 1 aliphatic rings. The fraction of sp³-hybridized carbons (Fsp3) is 0.435. The predicted octanol–water partition coefficient (Wildman–Crippen LogP) is 5.68. The van der Waals surface area contributed by atoms with Crippen LogP contribution in [0.5, 0.6) is 5.75 Å². The minimum absolute atomic E-state index is 0.213. The van der Waals surface area contributed by atoms with Gasteiger partial charge in [0, 0.05) is 17.4 Å². The van der Waals surface area contributed by atoms with Crippen molar-refractivity contribution in [3.8, 4) is 22.9 Å². The van der Waals surface area contributed by atoms with Crippen LogP contribution in [0.25, 0.3) is 11.1 Å². The highest BCUT2D eigenvalue weighted by atomic mass is 32.2. The van der Waals surface area contributed by atoms with Gasteiger partial charge in [0.05, 0.1) is 23.8 Å². The minimum Gasteiger partial charge on any atom is -0.488 e. The predicted molar refractivity (Wildman–Crippen MR) is 112 cm³/mol. The topological polar surface area (TPSA) is 42.2 Å². The number of hydrogen-bond acceptors (Lipinski definition) is 4. The molecule has 1 saturated heterocycles. The monoisotopic (exact) mass is 381 g/mol. The van der Waals surface area contributed by atoms with E-state index in [1.807, 2.05) is 48.2 Å². The Morgan fingerprint density at radius 3 is 2.04 bits per heavy atom. The summed E-state index contributed by atoms with van der Waals surface area (Å²) in [6, 6.07) is 17.9. The lowest BCUT2D eigenvalue weighted by Crippen LogP contribution is -2.40. The third kappa shape index (κ3) is 6.02. The molecule has 1 unspecified atom stereocenters. The average molecular weight is 382 g/mol. The summed E-state index contributed by atoms with van der Waals surface area (Å²) in [4.78, 5) is 0. The normalized spacial score (nSPS) is 16.6. The molecule has 0 bridgehead atoms. The highest BCUT2D eigenvalue weighted by Gasteiger charge is 2.33. The molecule has 0 spiro atoms. The third-order valence-corrected chi connectivity index (χ3v) is 5.45. The summed E-state index contributed by atoms with van der Waals surface area (Å²) in [5, 5.41) is 9.59. The second kappa shape index (κ2) is 7.96. The Morgan fingerprint density at radius 2 is 1.52 bits per heavy atom. The molecule has 2 aromatic rings. The average Bonchev–Trinajstić information content (AvgIpc) is 3.44. The van der Waals surface area contributed by atoms with Gasteiger partial charge in [0.15, 0.2) is 0 Å². The van der Waals surface area contributed by atoms with Gasteiger partial charge in [-0.05, 0) is 63.1 Å². The van der Waals surface area contributed by atoms with E-state index in [4.69, 9.17) is 14.7 Å². The zero-order valence-electron chi connectivity index (χ0n) is 16.5. The van der Waals surface area contributed by atoms with Crippen LogP contribution in [-0.2, 0) is 4.74 Å². The molecule has 0 aromatic heterocycles. The van der Waals surface area contributed by atoms with Crippen LogP contribution in [-0.4, -0.2) is 28.8 Å². The quantitative estimate of drug-likeness (QED) is 0.551. The summed E-state index contributed by atoms with van der Waals surface area (Å²) < 4.78 is 12.4. The molecule has 0 amide bonds. The summed E-state index contributed by atoms with van der Waals surface area (Å²) in [5.74, 6) is 2.08. The SMILES string of the molecule is CC(C)(CC(C)(C)Oc1ccc(-c2ccc(C#N)cc2)cc1)OCC1CS1. The lowest BCUT2D eigenvalue weighted by atomic mass is 9.92. The molecule has 0 saturated carbocycles. The maximum absolute atomic E-state index is 8.91. The number of nitrogens with zero attached hydrogens (tertiary/aromatic N) is 1. The van der Waals surface area contributed by atoms with Crippen molar-refractivity contribution in [1.29, 1.82) is 5.26 Å². The summed E-state index contributed by atoms with van der Waals surface area (Å²) in [6.45, 7) is 9.32. The fourth-order valence-corrected chi connectivity index (χ4v) is 3.76. The molecule has 27 heavy (non-hydrogen) atoms. The van der Waals surface area contributed by atoms with Crippen LogP contribution in [0.3, 0.4) is 0 Å². The van der Waals surface area contributed by atoms with Gasteiger partial charge in [0.1, 0.15) is 11.4 Å². The standard InChI is InChI=1S/C23H27NO2S/c1-22(2,25-14-21-15-27-21)16-23(3,4)26-20-11-9-19(10-12-20)18-7-5-17(13-24)6-8-18/h5-12,21H,14-16H2,1-4H3. The largest absolute Gasteiger partial charge is 0.488 e. The summed E-state index contributed by atoms with van der Waals surface area (Å²) in [6.07, 6.45) is 0.814. The Labute approximate surface area is 166 Å². The number of rotatable bonds is 8. The van der Waals surface area contributed by atoms with Crippen molar-refractivity contribution in [1.82, 2.24) is 0 Å². The van der Waals surface area contributed by atoms with Crippen molar-refractivity contribution in [3.63, 3.8) is 0 Å². The molecule has 1 fully saturated rings. The van der Waals surface area contributed by atoms with Gasteiger partial charge in [0.2, 0.25) is 0 Å². The molecule has 4 heteroatoms. The molecular weight excluding hydrogens is 354 g/mol. The molecule has 2 aromatic carbocycles.